The first-order valence-electron chi connectivity index (χ1n) is 44.4. The van der Waals surface area contributed by atoms with E-state index in [1.807, 2.05) is 0 Å². The normalized spacial score (nSPS) is 14.1. The van der Waals surface area contributed by atoms with Crippen LogP contribution in [0.1, 0.15) is 453 Å². The number of phosphoric acid groups is 2. The third-order valence-electron chi connectivity index (χ3n) is 20.5. The first-order valence-corrected chi connectivity index (χ1v) is 47.4. The second kappa shape index (κ2) is 76.1. The van der Waals surface area contributed by atoms with E-state index in [1.165, 1.54) is 263 Å². The lowest BCUT2D eigenvalue weighted by molar-refractivity contribution is -0.161. The van der Waals surface area contributed by atoms with E-state index in [2.05, 4.69) is 48.5 Å². The summed E-state index contributed by atoms with van der Waals surface area (Å²) in [7, 11) is -9.93. The second-order valence-electron chi connectivity index (χ2n) is 32.1. The number of phosphoric ester groups is 2. The average molecular weight is 1540 g/mol. The Morgan fingerprint density at radius 3 is 0.724 bits per heavy atom. The van der Waals surface area contributed by atoms with Crippen molar-refractivity contribution in [2.24, 2.45) is 17.8 Å². The standard InChI is InChI=1S/C86H168O17P2/c1-8-10-11-12-13-14-15-16-17-18-19-23-26-29-32-39-46-53-60-67-83(88)96-73-81(102-85(90)69-62-55-48-40-33-30-27-24-21-20-22-25-28-31-38-45-52-59-66-79(7)9-2)75-100-104(92,93)98-71-80(87)72-99-105(94,95)101-76-82(103-86(91)70-63-56-49-42-35-37-44-51-58-65-78(5)6)74-97-84(89)68-61-54-47-41-34-36-43-50-57-64-77(3)4/h77-82,87H,8-76H2,1-7H3,(H,92,93)(H,94,95)/t79?,80-,81-,82-/m1/s1. The fourth-order valence-electron chi connectivity index (χ4n) is 13.3. The summed E-state index contributed by atoms with van der Waals surface area (Å²) in [5, 5.41) is 10.7. The molecule has 6 atom stereocenters. The van der Waals surface area contributed by atoms with Gasteiger partial charge in [-0.15, -0.1) is 0 Å². The van der Waals surface area contributed by atoms with Crippen LogP contribution in [-0.4, -0.2) is 96.7 Å². The molecule has 0 radical (unpaired) electrons. The molecular formula is C86H168O17P2. The van der Waals surface area contributed by atoms with E-state index < -0.39 is 97.5 Å². The molecule has 0 aliphatic heterocycles. The monoisotopic (exact) mass is 1540 g/mol. The summed E-state index contributed by atoms with van der Waals surface area (Å²) in [4.78, 5) is 73.2. The van der Waals surface area contributed by atoms with Crippen molar-refractivity contribution >= 4 is 39.5 Å². The lowest BCUT2D eigenvalue weighted by Gasteiger charge is -2.21. The minimum absolute atomic E-state index is 0.105. The molecule has 0 saturated heterocycles. The van der Waals surface area contributed by atoms with Crippen molar-refractivity contribution in [3.8, 4) is 0 Å². The number of carbonyl (C=O) groups excluding carboxylic acids is 4. The van der Waals surface area contributed by atoms with Crippen LogP contribution in [0.2, 0.25) is 0 Å². The molecule has 0 aromatic heterocycles. The summed E-state index contributed by atoms with van der Waals surface area (Å²) in [5.41, 5.74) is 0. The molecule has 0 heterocycles. The van der Waals surface area contributed by atoms with Gasteiger partial charge >= 0.3 is 39.5 Å². The van der Waals surface area contributed by atoms with Crippen LogP contribution in [-0.2, 0) is 65.4 Å². The van der Waals surface area contributed by atoms with E-state index in [0.29, 0.717) is 25.7 Å². The van der Waals surface area contributed by atoms with Crippen LogP contribution in [0.25, 0.3) is 0 Å². The molecule has 0 aromatic carbocycles. The van der Waals surface area contributed by atoms with E-state index in [1.54, 1.807) is 0 Å². The lowest BCUT2D eigenvalue weighted by atomic mass is 9.99. The largest absolute Gasteiger partial charge is 0.472 e. The molecule has 17 nitrogen and oxygen atoms in total. The quantitative estimate of drug-likeness (QED) is 0.0222. The van der Waals surface area contributed by atoms with E-state index >= 15 is 0 Å². The molecule has 0 rings (SSSR count). The van der Waals surface area contributed by atoms with Crippen molar-refractivity contribution < 1.29 is 80.2 Å². The van der Waals surface area contributed by atoms with Crippen molar-refractivity contribution in [2.45, 2.75) is 471 Å². The summed E-state index contributed by atoms with van der Waals surface area (Å²) in [6.45, 7) is 12.0. The van der Waals surface area contributed by atoms with Gasteiger partial charge in [0.2, 0.25) is 0 Å². The fourth-order valence-corrected chi connectivity index (χ4v) is 14.9. The van der Waals surface area contributed by atoms with Gasteiger partial charge in [0, 0.05) is 25.7 Å². The molecule has 0 fully saturated rings. The fraction of sp³-hybridized carbons (Fsp3) is 0.953. The van der Waals surface area contributed by atoms with Gasteiger partial charge in [0.15, 0.2) is 12.2 Å². The first kappa shape index (κ1) is 103. The van der Waals surface area contributed by atoms with Gasteiger partial charge in [0.25, 0.3) is 0 Å². The van der Waals surface area contributed by atoms with Gasteiger partial charge in [0.1, 0.15) is 19.3 Å². The predicted octanol–water partition coefficient (Wildman–Crippen LogP) is 26.1. The molecule has 0 aliphatic carbocycles. The van der Waals surface area contributed by atoms with Gasteiger partial charge in [-0.3, -0.25) is 37.3 Å². The van der Waals surface area contributed by atoms with Gasteiger partial charge in [-0.05, 0) is 43.4 Å². The van der Waals surface area contributed by atoms with Crippen molar-refractivity contribution in [1.82, 2.24) is 0 Å². The molecule has 624 valence electrons. The highest BCUT2D eigenvalue weighted by Gasteiger charge is 2.30. The molecule has 0 bridgehead atoms. The van der Waals surface area contributed by atoms with E-state index in [0.717, 1.165) is 108 Å². The molecule has 0 aliphatic rings. The van der Waals surface area contributed by atoms with Crippen LogP contribution in [0.5, 0.6) is 0 Å². The van der Waals surface area contributed by atoms with Gasteiger partial charge in [-0.25, -0.2) is 9.13 Å². The Labute approximate surface area is 645 Å². The summed E-state index contributed by atoms with van der Waals surface area (Å²) in [6.07, 6.45) is 66.7. The van der Waals surface area contributed by atoms with Crippen LogP contribution in [0, 0.1) is 17.8 Å². The van der Waals surface area contributed by atoms with Gasteiger partial charge in [0.05, 0.1) is 26.4 Å². The number of esters is 4. The van der Waals surface area contributed by atoms with Crippen LogP contribution in [0.3, 0.4) is 0 Å². The highest BCUT2D eigenvalue weighted by molar-refractivity contribution is 7.47. The first-order chi connectivity index (χ1) is 50.8. The zero-order valence-electron chi connectivity index (χ0n) is 69.2. The molecule has 3 N–H and O–H groups in total. The maximum absolute atomic E-state index is 13.1. The third kappa shape index (κ3) is 78.5. The maximum atomic E-state index is 13.1. The molecule has 0 spiro atoms. The van der Waals surface area contributed by atoms with Crippen LogP contribution >= 0.6 is 15.6 Å². The number of aliphatic hydroxyl groups excluding tert-OH is 1. The number of hydrogen-bond donors (Lipinski definition) is 3. The van der Waals surface area contributed by atoms with Gasteiger partial charge in [-0.2, -0.15) is 0 Å². The van der Waals surface area contributed by atoms with Crippen LogP contribution in [0.15, 0.2) is 0 Å². The SMILES string of the molecule is CCCCCCCCCCCCCCCCCCCCCC(=O)OC[C@H](COP(=O)(O)OC[C@@H](O)COP(=O)(O)OC[C@@H](COC(=O)CCCCCCCCCCCC(C)C)OC(=O)CCCCCCCCCCCC(C)C)OC(=O)CCCCCCCCCCCCCCCCCCCCC(C)CC. The molecule has 3 unspecified atom stereocenters. The topological polar surface area (TPSA) is 237 Å². The van der Waals surface area contributed by atoms with Crippen molar-refractivity contribution in [2.75, 3.05) is 39.6 Å². The molecule has 105 heavy (non-hydrogen) atoms. The Balaban J connectivity index is 5.22. The van der Waals surface area contributed by atoms with E-state index in [9.17, 15) is 43.2 Å². The van der Waals surface area contributed by atoms with Crippen molar-refractivity contribution in [1.29, 1.82) is 0 Å². The Morgan fingerprint density at radius 2 is 0.486 bits per heavy atom. The zero-order chi connectivity index (χ0) is 77.2. The Kier molecular flexibility index (Phi) is 74.7. The number of unbranched alkanes of at least 4 members (excludes halogenated alkanes) is 51. The Bertz CT molecular complexity index is 2030. The molecule has 0 saturated carbocycles. The summed E-state index contributed by atoms with van der Waals surface area (Å²) >= 11 is 0. The van der Waals surface area contributed by atoms with Crippen molar-refractivity contribution in [3.63, 3.8) is 0 Å². The minimum atomic E-state index is -4.97. The molecule has 0 amide bonds. The van der Waals surface area contributed by atoms with E-state index in [-0.39, 0.29) is 25.7 Å². The number of ether oxygens (including phenoxy) is 4. The lowest BCUT2D eigenvalue weighted by Crippen LogP contribution is -2.30. The molecular weight excluding hydrogens is 1370 g/mol. The number of carbonyl (C=O) groups is 4. The van der Waals surface area contributed by atoms with Gasteiger partial charge < -0.3 is 33.8 Å². The maximum Gasteiger partial charge on any atom is 0.472 e. The Hall–Kier alpha value is -1.94. The van der Waals surface area contributed by atoms with Gasteiger partial charge in [-0.1, -0.05) is 402 Å². The summed E-state index contributed by atoms with van der Waals surface area (Å²) in [5.74, 6) is 0.245. The highest BCUT2D eigenvalue weighted by Crippen LogP contribution is 2.45. The predicted molar refractivity (Wildman–Crippen MR) is 432 cm³/mol. The Morgan fingerprint density at radius 1 is 0.276 bits per heavy atom. The summed E-state index contributed by atoms with van der Waals surface area (Å²) < 4.78 is 68.9. The molecule has 19 heteroatoms. The number of aliphatic hydroxyl groups is 1. The van der Waals surface area contributed by atoms with Crippen LogP contribution in [0.4, 0.5) is 0 Å². The number of rotatable bonds is 84. The van der Waals surface area contributed by atoms with Crippen molar-refractivity contribution in [3.05, 3.63) is 0 Å². The van der Waals surface area contributed by atoms with Crippen LogP contribution < -0.4 is 0 Å². The summed E-state index contributed by atoms with van der Waals surface area (Å²) in [6, 6.07) is 0. The number of hydrogen-bond acceptors (Lipinski definition) is 15. The smallest absolute Gasteiger partial charge is 0.462 e. The van der Waals surface area contributed by atoms with E-state index in [4.69, 9.17) is 37.0 Å². The average Bonchev–Trinajstić information content (AvgIpc) is 0.909. The highest BCUT2D eigenvalue weighted by atomic mass is 31.2. The third-order valence-corrected chi connectivity index (χ3v) is 22.4. The zero-order valence-corrected chi connectivity index (χ0v) is 71.0. The molecule has 0 aromatic rings. The minimum Gasteiger partial charge on any atom is -0.462 e. The second-order valence-corrected chi connectivity index (χ2v) is 35.0.